The molecular weight excluding hydrogens is 282 g/mol. The van der Waals surface area contributed by atoms with Crippen LogP contribution in [-0.2, 0) is 4.74 Å². The number of carbonyl (C=O) groups is 1. The maximum Gasteiger partial charge on any atom is 0.252 e. The van der Waals surface area contributed by atoms with E-state index in [-0.39, 0.29) is 11.4 Å². The molecule has 4 heteroatoms. The van der Waals surface area contributed by atoms with Gasteiger partial charge in [-0.3, -0.25) is 4.79 Å². The van der Waals surface area contributed by atoms with E-state index in [4.69, 9.17) is 4.74 Å². The average Bonchev–Trinajstić information content (AvgIpc) is 2.68. The van der Waals surface area contributed by atoms with Gasteiger partial charge in [0.25, 0.3) is 5.91 Å². The minimum atomic E-state index is -0.236. The van der Waals surface area contributed by atoms with Crippen molar-refractivity contribution < 1.29 is 9.53 Å². The van der Waals surface area contributed by atoms with Crippen LogP contribution in [0.25, 0.3) is 0 Å². The number of halogens is 1. The molecule has 1 unspecified atom stereocenters. The molecule has 0 saturated carbocycles. The van der Waals surface area contributed by atoms with Gasteiger partial charge >= 0.3 is 0 Å². The van der Waals surface area contributed by atoms with Crippen LogP contribution >= 0.6 is 15.9 Å². The van der Waals surface area contributed by atoms with Gasteiger partial charge in [0.1, 0.15) is 0 Å². The van der Waals surface area contributed by atoms with E-state index in [0.717, 1.165) is 16.5 Å². The highest BCUT2D eigenvalue weighted by molar-refractivity contribution is 9.10. The third-order valence-corrected chi connectivity index (χ3v) is 3.69. The van der Waals surface area contributed by atoms with E-state index < -0.39 is 0 Å². The van der Waals surface area contributed by atoms with Gasteiger partial charge in [-0.2, -0.15) is 0 Å². The predicted molar refractivity (Wildman–Crippen MR) is 70.2 cm³/mol. The fourth-order valence-corrected chi connectivity index (χ4v) is 2.35. The number of ether oxygens (including phenoxy) is 1. The summed E-state index contributed by atoms with van der Waals surface area (Å²) in [7, 11) is 0. The van der Waals surface area contributed by atoms with Gasteiger partial charge in [0, 0.05) is 11.1 Å². The van der Waals surface area contributed by atoms with E-state index in [0.29, 0.717) is 18.8 Å². The van der Waals surface area contributed by atoms with E-state index in [1.54, 1.807) is 0 Å². The zero-order chi connectivity index (χ0) is 12.5. The maximum atomic E-state index is 12.2. The summed E-state index contributed by atoms with van der Waals surface area (Å²) in [4.78, 5) is 12.2. The third kappa shape index (κ3) is 2.87. The van der Waals surface area contributed by atoms with Crippen LogP contribution in [0.2, 0.25) is 0 Å². The van der Waals surface area contributed by atoms with Crippen molar-refractivity contribution in [3.8, 4) is 0 Å². The fraction of sp³-hybridized carbons (Fsp3) is 0.462. The largest absolute Gasteiger partial charge is 0.379 e. The molecule has 0 radical (unpaired) electrons. The van der Waals surface area contributed by atoms with Crippen molar-refractivity contribution in [1.82, 2.24) is 5.32 Å². The van der Waals surface area contributed by atoms with Gasteiger partial charge in [-0.25, -0.2) is 0 Å². The van der Waals surface area contributed by atoms with E-state index in [1.807, 2.05) is 32.0 Å². The van der Waals surface area contributed by atoms with Crippen LogP contribution in [0, 0.1) is 6.92 Å². The van der Waals surface area contributed by atoms with Crippen molar-refractivity contribution in [2.45, 2.75) is 25.8 Å². The molecule has 17 heavy (non-hydrogen) atoms. The van der Waals surface area contributed by atoms with E-state index in [9.17, 15) is 4.79 Å². The average molecular weight is 298 g/mol. The van der Waals surface area contributed by atoms with Crippen molar-refractivity contribution in [2.24, 2.45) is 0 Å². The van der Waals surface area contributed by atoms with Crippen molar-refractivity contribution >= 4 is 21.8 Å². The number of nitrogens with one attached hydrogen (secondary N) is 1. The van der Waals surface area contributed by atoms with Crippen LogP contribution in [0.15, 0.2) is 22.7 Å². The Morgan fingerprint density at radius 3 is 2.94 bits per heavy atom. The lowest BCUT2D eigenvalue weighted by Gasteiger charge is -2.23. The fourth-order valence-electron chi connectivity index (χ4n) is 1.92. The van der Waals surface area contributed by atoms with E-state index >= 15 is 0 Å². The molecule has 92 valence electrons. The van der Waals surface area contributed by atoms with Crippen molar-refractivity contribution in [1.29, 1.82) is 0 Å². The van der Waals surface area contributed by atoms with Gasteiger partial charge in [-0.15, -0.1) is 0 Å². The first-order chi connectivity index (χ1) is 8.00. The Hall–Kier alpha value is -0.870. The molecule has 1 saturated heterocycles. The Kier molecular flexibility index (Phi) is 3.54. The van der Waals surface area contributed by atoms with Crippen molar-refractivity contribution in [3.63, 3.8) is 0 Å². The second-order valence-electron chi connectivity index (χ2n) is 4.80. The SMILES string of the molecule is Cc1ccc(Br)c(C(=O)NC2(C)CCOC2)c1. The summed E-state index contributed by atoms with van der Waals surface area (Å²) < 4.78 is 6.15. The summed E-state index contributed by atoms with van der Waals surface area (Å²) in [5, 5.41) is 3.05. The Morgan fingerprint density at radius 2 is 2.29 bits per heavy atom. The second kappa shape index (κ2) is 4.78. The molecule has 3 nitrogen and oxygen atoms in total. The molecule has 0 aliphatic carbocycles. The summed E-state index contributed by atoms with van der Waals surface area (Å²) in [6.07, 6.45) is 0.863. The first kappa shape index (κ1) is 12.6. The van der Waals surface area contributed by atoms with Crippen LogP contribution in [0.5, 0.6) is 0 Å². The van der Waals surface area contributed by atoms with Gasteiger partial charge in [-0.05, 0) is 48.3 Å². The van der Waals surface area contributed by atoms with Crippen molar-refractivity contribution in [3.05, 3.63) is 33.8 Å². The zero-order valence-electron chi connectivity index (χ0n) is 10.0. The lowest BCUT2D eigenvalue weighted by atomic mass is 10.0. The lowest BCUT2D eigenvalue weighted by molar-refractivity contribution is 0.0889. The molecule has 0 bridgehead atoms. The molecule has 1 aliphatic heterocycles. The summed E-state index contributed by atoms with van der Waals surface area (Å²) in [5.74, 6) is -0.0476. The topological polar surface area (TPSA) is 38.3 Å². The smallest absolute Gasteiger partial charge is 0.252 e. The Bertz CT molecular complexity index is 439. The molecule has 2 rings (SSSR count). The lowest BCUT2D eigenvalue weighted by Crippen LogP contribution is -2.46. The zero-order valence-corrected chi connectivity index (χ0v) is 11.6. The highest BCUT2D eigenvalue weighted by atomic mass is 79.9. The summed E-state index contributed by atoms with van der Waals surface area (Å²) in [6.45, 7) is 5.29. The monoisotopic (exact) mass is 297 g/mol. The molecule has 0 spiro atoms. The highest BCUT2D eigenvalue weighted by Gasteiger charge is 2.31. The number of rotatable bonds is 2. The van der Waals surface area contributed by atoms with Gasteiger partial charge < -0.3 is 10.1 Å². The first-order valence-corrected chi connectivity index (χ1v) is 6.46. The predicted octanol–water partition coefficient (Wildman–Crippen LogP) is 2.67. The molecule has 1 heterocycles. The normalized spacial score (nSPS) is 23.7. The van der Waals surface area contributed by atoms with Crippen LogP contribution < -0.4 is 5.32 Å². The molecule has 1 aliphatic rings. The van der Waals surface area contributed by atoms with Crippen LogP contribution in [0.4, 0.5) is 0 Å². The van der Waals surface area contributed by atoms with Gasteiger partial charge in [0.2, 0.25) is 0 Å². The molecule has 1 N–H and O–H groups in total. The number of hydrogen-bond donors (Lipinski definition) is 1. The molecule has 1 atom stereocenters. The van der Waals surface area contributed by atoms with Crippen LogP contribution in [0.3, 0.4) is 0 Å². The van der Waals surface area contributed by atoms with E-state index in [2.05, 4.69) is 21.2 Å². The molecule has 1 aromatic carbocycles. The number of benzene rings is 1. The van der Waals surface area contributed by atoms with Gasteiger partial charge in [0.05, 0.1) is 17.7 Å². The number of carbonyl (C=O) groups excluding carboxylic acids is 1. The van der Waals surface area contributed by atoms with Crippen molar-refractivity contribution in [2.75, 3.05) is 13.2 Å². The number of amides is 1. The number of hydrogen-bond acceptors (Lipinski definition) is 2. The standard InChI is InChI=1S/C13H16BrNO2/c1-9-3-4-11(14)10(7-9)12(16)15-13(2)5-6-17-8-13/h3-4,7H,5-6,8H2,1-2H3,(H,15,16). The Balaban J connectivity index is 2.17. The summed E-state index contributed by atoms with van der Waals surface area (Å²) in [6, 6.07) is 5.76. The molecule has 0 aromatic heterocycles. The highest BCUT2D eigenvalue weighted by Crippen LogP contribution is 2.22. The second-order valence-corrected chi connectivity index (χ2v) is 5.66. The van der Waals surface area contributed by atoms with E-state index in [1.165, 1.54) is 0 Å². The quantitative estimate of drug-likeness (QED) is 0.911. The third-order valence-electron chi connectivity index (χ3n) is 3.00. The van der Waals surface area contributed by atoms with Gasteiger partial charge in [-0.1, -0.05) is 11.6 Å². The molecule has 1 aromatic rings. The minimum absolute atomic E-state index is 0.0476. The molecule has 1 fully saturated rings. The Labute approximate surface area is 110 Å². The maximum absolute atomic E-state index is 12.2. The number of aryl methyl sites for hydroxylation is 1. The Morgan fingerprint density at radius 1 is 1.53 bits per heavy atom. The summed E-state index contributed by atoms with van der Waals surface area (Å²) in [5.41, 5.74) is 1.52. The van der Waals surface area contributed by atoms with Crippen LogP contribution in [-0.4, -0.2) is 24.7 Å². The summed E-state index contributed by atoms with van der Waals surface area (Å²) >= 11 is 3.41. The first-order valence-electron chi connectivity index (χ1n) is 5.67. The molecular formula is C13H16BrNO2. The molecule has 1 amide bonds. The minimum Gasteiger partial charge on any atom is -0.379 e. The van der Waals surface area contributed by atoms with Gasteiger partial charge in [0.15, 0.2) is 0 Å². The van der Waals surface area contributed by atoms with Crippen LogP contribution in [0.1, 0.15) is 29.3 Å².